The maximum absolute atomic E-state index is 10.6. The molecule has 2 aromatic rings. The molecule has 0 aliphatic rings. The Balaban J connectivity index is 1.92. The van der Waals surface area contributed by atoms with Gasteiger partial charge in [-0.1, -0.05) is 29.8 Å². The van der Waals surface area contributed by atoms with E-state index in [1.807, 2.05) is 5.38 Å². The van der Waals surface area contributed by atoms with Crippen LogP contribution in [-0.2, 0) is 10.5 Å². The van der Waals surface area contributed by atoms with Crippen LogP contribution >= 0.6 is 23.1 Å². The molecule has 0 fully saturated rings. The molecule has 1 aromatic carbocycles. The van der Waals surface area contributed by atoms with E-state index in [0.29, 0.717) is 11.5 Å². The molecule has 3 N–H and O–H groups in total. The van der Waals surface area contributed by atoms with Crippen molar-refractivity contribution in [2.24, 2.45) is 5.73 Å². The van der Waals surface area contributed by atoms with Crippen molar-refractivity contribution in [3.63, 3.8) is 0 Å². The van der Waals surface area contributed by atoms with Crippen molar-refractivity contribution in [3.05, 3.63) is 40.9 Å². The molecule has 6 heteroatoms. The number of thiazole rings is 1. The van der Waals surface area contributed by atoms with Crippen molar-refractivity contribution >= 4 is 29.1 Å². The smallest absolute Gasteiger partial charge is 0.321 e. The molecule has 0 radical (unpaired) electrons. The fraction of sp³-hybridized carbons (Fsp3) is 0.286. The summed E-state index contributed by atoms with van der Waals surface area (Å²) in [6.07, 6.45) is 0. The minimum atomic E-state index is -0.962. The Morgan fingerprint density at radius 3 is 2.80 bits per heavy atom. The van der Waals surface area contributed by atoms with Gasteiger partial charge in [0.2, 0.25) is 0 Å². The summed E-state index contributed by atoms with van der Waals surface area (Å²) in [7, 11) is 0. The zero-order valence-corrected chi connectivity index (χ0v) is 12.7. The van der Waals surface area contributed by atoms with E-state index in [1.165, 1.54) is 17.3 Å². The third kappa shape index (κ3) is 4.06. The van der Waals surface area contributed by atoms with Gasteiger partial charge in [-0.05, 0) is 6.92 Å². The number of carbonyl (C=O) groups is 1. The normalized spacial score (nSPS) is 12.3. The molecule has 0 saturated carbocycles. The first-order chi connectivity index (χ1) is 9.56. The predicted molar refractivity (Wildman–Crippen MR) is 84.1 cm³/mol. The van der Waals surface area contributed by atoms with Gasteiger partial charge in [0.15, 0.2) is 0 Å². The number of hydrogen-bond donors (Lipinski definition) is 2. The predicted octanol–water partition coefficient (Wildman–Crippen LogP) is 2.76. The standard InChI is InChI=1S/C14H16N2O2S2/c1-9-2-4-10(5-3-9)13-16-11(7-20-13)6-19-8-12(15)14(17)18/h2-5,7,12H,6,8,15H2,1H3,(H,17,18)/t12-/m0/s1. The van der Waals surface area contributed by atoms with Crippen molar-refractivity contribution in [1.29, 1.82) is 0 Å². The van der Waals surface area contributed by atoms with Gasteiger partial charge in [-0.25, -0.2) is 4.98 Å². The van der Waals surface area contributed by atoms with Crippen molar-refractivity contribution in [1.82, 2.24) is 4.98 Å². The highest BCUT2D eigenvalue weighted by Crippen LogP contribution is 2.25. The summed E-state index contributed by atoms with van der Waals surface area (Å²) in [6.45, 7) is 2.05. The summed E-state index contributed by atoms with van der Waals surface area (Å²) >= 11 is 3.09. The number of aromatic nitrogens is 1. The number of rotatable bonds is 6. The van der Waals surface area contributed by atoms with E-state index in [2.05, 4.69) is 36.2 Å². The van der Waals surface area contributed by atoms with Crippen LogP contribution in [0.2, 0.25) is 0 Å². The molecule has 0 bridgehead atoms. The van der Waals surface area contributed by atoms with E-state index in [4.69, 9.17) is 10.8 Å². The largest absolute Gasteiger partial charge is 0.480 e. The summed E-state index contributed by atoms with van der Waals surface area (Å²) in [4.78, 5) is 15.2. The zero-order chi connectivity index (χ0) is 14.5. The van der Waals surface area contributed by atoms with Crippen LogP contribution in [-0.4, -0.2) is 27.9 Å². The minimum absolute atomic E-state index is 0.396. The van der Waals surface area contributed by atoms with Crippen LogP contribution in [0, 0.1) is 6.92 Å². The second-order valence-corrected chi connectivity index (χ2v) is 6.36. The maximum atomic E-state index is 10.6. The first-order valence-corrected chi connectivity index (χ1v) is 8.17. The molecule has 1 aromatic heterocycles. The van der Waals surface area contributed by atoms with Gasteiger partial charge < -0.3 is 10.8 Å². The molecule has 1 atom stereocenters. The molecule has 106 valence electrons. The lowest BCUT2D eigenvalue weighted by Crippen LogP contribution is -2.32. The van der Waals surface area contributed by atoms with E-state index >= 15 is 0 Å². The first kappa shape index (κ1) is 15.0. The summed E-state index contributed by atoms with van der Waals surface area (Å²) in [5, 5.41) is 11.7. The van der Waals surface area contributed by atoms with Gasteiger partial charge in [0.05, 0.1) is 5.69 Å². The molecule has 0 amide bonds. The highest BCUT2D eigenvalue weighted by Gasteiger charge is 2.11. The van der Waals surface area contributed by atoms with Crippen LogP contribution in [0.5, 0.6) is 0 Å². The van der Waals surface area contributed by atoms with Gasteiger partial charge in [-0.3, -0.25) is 4.79 Å². The van der Waals surface area contributed by atoms with E-state index in [-0.39, 0.29) is 0 Å². The number of nitrogens with two attached hydrogens (primary N) is 1. The fourth-order valence-electron chi connectivity index (χ4n) is 1.56. The molecule has 0 spiro atoms. The fourth-order valence-corrected chi connectivity index (χ4v) is 3.37. The Kier molecular flexibility index (Phi) is 5.17. The Labute approximate surface area is 126 Å². The topological polar surface area (TPSA) is 76.2 Å². The highest BCUT2D eigenvalue weighted by atomic mass is 32.2. The van der Waals surface area contributed by atoms with E-state index < -0.39 is 12.0 Å². The molecule has 1 heterocycles. The Hall–Kier alpha value is -1.37. The van der Waals surface area contributed by atoms with Crippen LogP contribution in [0.25, 0.3) is 10.6 Å². The summed E-state index contributed by atoms with van der Waals surface area (Å²) in [5.41, 5.74) is 8.75. The average Bonchev–Trinajstić information content (AvgIpc) is 2.88. The molecule has 4 nitrogen and oxygen atoms in total. The molecule has 0 aliphatic carbocycles. The SMILES string of the molecule is Cc1ccc(-c2nc(CSC[C@H](N)C(=O)O)cs2)cc1. The van der Waals surface area contributed by atoms with Crippen LogP contribution < -0.4 is 5.73 Å². The number of hydrogen-bond acceptors (Lipinski definition) is 5. The summed E-state index contributed by atoms with van der Waals surface area (Å²) in [5.74, 6) is 0.118. The third-order valence-electron chi connectivity index (χ3n) is 2.71. The summed E-state index contributed by atoms with van der Waals surface area (Å²) < 4.78 is 0. The first-order valence-electron chi connectivity index (χ1n) is 6.14. The number of thioether (sulfide) groups is 1. The van der Waals surface area contributed by atoms with Gasteiger partial charge in [0.1, 0.15) is 11.0 Å². The van der Waals surface area contributed by atoms with Crippen molar-refractivity contribution in [3.8, 4) is 10.6 Å². The molecular formula is C14H16N2O2S2. The molecule has 0 saturated heterocycles. The lowest BCUT2D eigenvalue weighted by molar-refractivity contribution is -0.137. The number of carboxylic acid groups (broad SMARTS) is 1. The average molecular weight is 308 g/mol. The molecule has 0 aliphatic heterocycles. The highest BCUT2D eigenvalue weighted by molar-refractivity contribution is 7.98. The van der Waals surface area contributed by atoms with Crippen LogP contribution in [0.15, 0.2) is 29.6 Å². The van der Waals surface area contributed by atoms with Gasteiger partial charge >= 0.3 is 5.97 Å². The number of nitrogens with zero attached hydrogens (tertiary/aromatic N) is 1. The second kappa shape index (κ2) is 6.88. The van der Waals surface area contributed by atoms with Gasteiger partial charge in [0, 0.05) is 22.4 Å². The lowest BCUT2D eigenvalue weighted by Gasteiger charge is -2.04. The quantitative estimate of drug-likeness (QED) is 0.858. The van der Waals surface area contributed by atoms with Gasteiger partial charge in [-0.15, -0.1) is 11.3 Å². The van der Waals surface area contributed by atoms with Crippen molar-refractivity contribution < 1.29 is 9.90 Å². The lowest BCUT2D eigenvalue weighted by atomic mass is 10.2. The van der Waals surface area contributed by atoms with Crippen molar-refractivity contribution in [2.45, 2.75) is 18.7 Å². The molecule has 2 rings (SSSR count). The Morgan fingerprint density at radius 2 is 2.15 bits per heavy atom. The Bertz CT molecular complexity index is 581. The number of carboxylic acids is 1. The second-order valence-electron chi connectivity index (χ2n) is 4.47. The van der Waals surface area contributed by atoms with Crippen molar-refractivity contribution in [2.75, 3.05) is 5.75 Å². The van der Waals surface area contributed by atoms with E-state index in [1.54, 1.807) is 11.3 Å². The third-order valence-corrected chi connectivity index (χ3v) is 4.75. The zero-order valence-electron chi connectivity index (χ0n) is 11.1. The molecular weight excluding hydrogens is 292 g/mol. The number of benzene rings is 1. The summed E-state index contributed by atoms with van der Waals surface area (Å²) in [6, 6.07) is 7.44. The maximum Gasteiger partial charge on any atom is 0.321 e. The molecule has 20 heavy (non-hydrogen) atoms. The Morgan fingerprint density at radius 1 is 1.45 bits per heavy atom. The number of aliphatic carboxylic acids is 1. The van der Waals surface area contributed by atoms with Gasteiger partial charge in [-0.2, -0.15) is 11.8 Å². The van der Waals surface area contributed by atoms with Crippen LogP contribution in [0.3, 0.4) is 0 Å². The van der Waals surface area contributed by atoms with E-state index in [0.717, 1.165) is 16.3 Å². The van der Waals surface area contributed by atoms with E-state index in [9.17, 15) is 4.79 Å². The van der Waals surface area contributed by atoms with Gasteiger partial charge in [0.25, 0.3) is 0 Å². The number of aryl methyl sites for hydroxylation is 1. The minimum Gasteiger partial charge on any atom is -0.480 e. The monoisotopic (exact) mass is 308 g/mol. The molecule has 0 unspecified atom stereocenters. The van der Waals surface area contributed by atoms with Crippen LogP contribution in [0.1, 0.15) is 11.3 Å². The van der Waals surface area contributed by atoms with Crippen LogP contribution in [0.4, 0.5) is 0 Å².